The highest BCUT2D eigenvalue weighted by atomic mass is 35.5. The van der Waals surface area contributed by atoms with Crippen molar-refractivity contribution in [3.05, 3.63) is 94.0 Å². The zero-order chi connectivity index (χ0) is 26.8. The van der Waals surface area contributed by atoms with Crippen LogP contribution in [-0.4, -0.2) is 51.3 Å². The average Bonchev–Trinajstić information content (AvgIpc) is 3.29. The van der Waals surface area contributed by atoms with Crippen LogP contribution in [0, 0.1) is 5.92 Å². The first-order valence-corrected chi connectivity index (χ1v) is 12.6. The fourth-order valence-corrected chi connectivity index (χ4v) is 4.98. The Morgan fingerprint density at radius 1 is 1.05 bits per heavy atom. The first-order valence-electron chi connectivity index (χ1n) is 12.2. The van der Waals surface area contributed by atoms with Crippen LogP contribution >= 0.6 is 11.6 Å². The van der Waals surface area contributed by atoms with E-state index in [9.17, 15) is 19.2 Å². The number of fused-ring (bicyclic) bond motifs is 1. The summed E-state index contributed by atoms with van der Waals surface area (Å²) in [5.41, 5.74) is 2.23. The van der Waals surface area contributed by atoms with Crippen molar-refractivity contribution in [3.8, 4) is 5.69 Å². The normalized spacial score (nSPS) is 17.3. The van der Waals surface area contributed by atoms with Crippen LogP contribution in [0.25, 0.3) is 16.6 Å². The predicted octanol–water partition coefficient (Wildman–Crippen LogP) is 3.58. The third-order valence-electron chi connectivity index (χ3n) is 6.84. The summed E-state index contributed by atoms with van der Waals surface area (Å²) in [6, 6.07) is 16.4. The van der Waals surface area contributed by atoms with Crippen molar-refractivity contribution in [1.82, 2.24) is 19.8 Å². The summed E-state index contributed by atoms with van der Waals surface area (Å²) in [6.07, 6.45) is 3.73. The van der Waals surface area contributed by atoms with Gasteiger partial charge in [0.25, 0.3) is 11.5 Å². The number of piperidine rings is 1. The molecule has 2 atom stereocenters. The molecule has 10 heteroatoms. The van der Waals surface area contributed by atoms with E-state index in [0.29, 0.717) is 34.9 Å². The Bertz CT molecular complexity index is 1580. The zero-order valence-corrected chi connectivity index (χ0v) is 21.4. The molecule has 0 radical (unpaired) electrons. The number of anilines is 1. The Kier molecular flexibility index (Phi) is 7.02. The van der Waals surface area contributed by atoms with Crippen LogP contribution in [0.2, 0.25) is 5.02 Å². The molecule has 194 valence electrons. The lowest BCUT2D eigenvalue weighted by Crippen LogP contribution is -2.56. The number of aromatic nitrogens is 2. The summed E-state index contributed by atoms with van der Waals surface area (Å²) in [4.78, 5) is 55.3. The summed E-state index contributed by atoms with van der Waals surface area (Å²) in [5.74, 6) is -1.26. The number of nitrogens with one attached hydrogen (secondary N) is 3. The number of halogens is 1. The highest BCUT2D eigenvalue weighted by molar-refractivity contribution is 6.35. The van der Waals surface area contributed by atoms with Crippen molar-refractivity contribution < 1.29 is 14.4 Å². The molecule has 1 saturated heterocycles. The molecule has 0 unspecified atom stereocenters. The van der Waals surface area contributed by atoms with E-state index in [4.69, 9.17) is 11.6 Å². The lowest BCUT2D eigenvalue weighted by Gasteiger charge is -2.37. The Balaban J connectivity index is 1.32. The molecule has 2 aromatic carbocycles. The highest BCUT2D eigenvalue weighted by Gasteiger charge is 2.36. The van der Waals surface area contributed by atoms with E-state index in [1.54, 1.807) is 71.9 Å². The molecule has 9 nitrogen and oxygen atoms in total. The fraction of sp³-hybridized carbons (Fsp3) is 0.214. The Labute approximate surface area is 223 Å². The molecular weight excluding hydrogens is 506 g/mol. The average molecular weight is 532 g/mol. The van der Waals surface area contributed by atoms with Crippen LogP contribution < -0.4 is 16.2 Å². The zero-order valence-electron chi connectivity index (χ0n) is 20.6. The first-order chi connectivity index (χ1) is 18.3. The van der Waals surface area contributed by atoms with Crippen molar-refractivity contribution in [2.45, 2.75) is 19.4 Å². The van der Waals surface area contributed by atoms with Crippen molar-refractivity contribution in [2.75, 3.05) is 18.4 Å². The van der Waals surface area contributed by atoms with Gasteiger partial charge < -0.3 is 20.5 Å². The molecule has 1 aliphatic rings. The number of benzene rings is 2. The minimum absolute atomic E-state index is 0.114. The SMILES string of the molecule is CC(=O)N1CC[C@H](C(=O)Nc2ccc(-n3ccccc3=O)cc2)[C@@H](NC(=O)c2ccc3c(Cl)c[nH]c3c2)C1. The number of amides is 3. The molecular formula is C28H26ClN5O4. The molecule has 3 N–H and O–H groups in total. The quantitative estimate of drug-likeness (QED) is 0.365. The summed E-state index contributed by atoms with van der Waals surface area (Å²) in [6.45, 7) is 2.12. The molecule has 0 aliphatic carbocycles. The van der Waals surface area contributed by atoms with E-state index in [1.807, 2.05) is 0 Å². The van der Waals surface area contributed by atoms with Gasteiger partial charge in [-0.05, 0) is 48.9 Å². The predicted molar refractivity (Wildman–Crippen MR) is 146 cm³/mol. The second-order valence-electron chi connectivity index (χ2n) is 9.28. The van der Waals surface area contributed by atoms with Gasteiger partial charge in [-0.15, -0.1) is 0 Å². The van der Waals surface area contributed by atoms with Crippen molar-refractivity contribution in [1.29, 1.82) is 0 Å². The van der Waals surface area contributed by atoms with Gasteiger partial charge in [-0.2, -0.15) is 0 Å². The number of hydrogen-bond acceptors (Lipinski definition) is 4. The molecule has 3 amide bonds. The number of pyridine rings is 1. The van der Waals surface area contributed by atoms with E-state index in [1.165, 1.54) is 17.6 Å². The van der Waals surface area contributed by atoms with Gasteiger partial charge in [0.15, 0.2) is 0 Å². The third kappa shape index (κ3) is 5.19. The van der Waals surface area contributed by atoms with Crippen LogP contribution in [0.1, 0.15) is 23.7 Å². The summed E-state index contributed by atoms with van der Waals surface area (Å²) < 4.78 is 1.51. The number of H-pyrrole nitrogens is 1. The number of rotatable bonds is 5. The van der Waals surface area contributed by atoms with E-state index >= 15 is 0 Å². The number of carbonyl (C=O) groups is 3. The molecule has 38 heavy (non-hydrogen) atoms. The van der Waals surface area contributed by atoms with E-state index in [2.05, 4.69) is 15.6 Å². The summed E-state index contributed by atoms with van der Waals surface area (Å²) in [7, 11) is 0. The highest BCUT2D eigenvalue weighted by Crippen LogP contribution is 2.25. The third-order valence-corrected chi connectivity index (χ3v) is 7.15. The minimum atomic E-state index is -0.578. The van der Waals surface area contributed by atoms with Crippen LogP contribution in [0.3, 0.4) is 0 Å². The van der Waals surface area contributed by atoms with Crippen LogP contribution in [0.15, 0.2) is 77.9 Å². The molecule has 0 saturated carbocycles. The van der Waals surface area contributed by atoms with Gasteiger partial charge in [0.1, 0.15) is 0 Å². The Morgan fingerprint density at radius 3 is 2.58 bits per heavy atom. The summed E-state index contributed by atoms with van der Waals surface area (Å²) >= 11 is 6.14. The lowest BCUT2D eigenvalue weighted by atomic mass is 9.90. The van der Waals surface area contributed by atoms with E-state index in [-0.39, 0.29) is 29.8 Å². The fourth-order valence-electron chi connectivity index (χ4n) is 4.76. The van der Waals surface area contributed by atoms with E-state index in [0.717, 1.165) is 10.9 Å². The molecule has 1 fully saturated rings. The van der Waals surface area contributed by atoms with Gasteiger partial charge >= 0.3 is 0 Å². The molecule has 2 aromatic heterocycles. The van der Waals surface area contributed by atoms with Gasteiger partial charge in [0.2, 0.25) is 11.8 Å². The van der Waals surface area contributed by atoms with Gasteiger partial charge in [-0.1, -0.05) is 23.7 Å². The first kappa shape index (κ1) is 25.3. The maximum absolute atomic E-state index is 13.3. The van der Waals surface area contributed by atoms with Crippen molar-refractivity contribution >= 4 is 45.9 Å². The van der Waals surface area contributed by atoms with Gasteiger partial charge in [0.05, 0.1) is 17.0 Å². The number of likely N-dealkylation sites (tertiary alicyclic amines) is 1. The van der Waals surface area contributed by atoms with Crippen LogP contribution in [0.4, 0.5) is 5.69 Å². The molecule has 4 aromatic rings. The van der Waals surface area contributed by atoms with Crippen LogP contribution in [-0.2, 0) is 9.59 Å². The second-order valence-corrected chi connectivity index (χ2v) is 9.69. The lowest BCUT2D eigenvalue weighted by molar-refractivity contribution is -0.133. The second kappa shape index (κ2) is 10.5. The smallest absolute Gasteiger partial charge is 0.255 e. The largest absolute Gasteiger partial charge is 0.360 e. The number of aromatic amines is 1. The van der Waals surface area contributed by atoms with Crippen molar-refractivity contribution in [2.24, 2.45) is 5.92 Å². The van der Waals surface area contributed by atoms with Gasteiger partial charge in [-0.3, -0.25) is 23.7 Å². The monoisotopic (exact) mass is 531 g/mol. The maximum Gasteiger partial charge on any atom is 0.255 e. The van der Waals surface area contributed by atoms with Gasteiger partial charge in [0, 0.05) is 66.3 Å². The number of carbonyl (C=O) groups excluding carboxylic acids is 3. The van der Waals surface area contributed by atoms with Crippen LogP contribution in [0.5, 0.6) is 0 Å². The number of hydrogen-bond donors (Lipinski definition) is 3. The topological polar surface area (TPSA) is 116 Å². The standard InChI is InChI=1S/C28H26ClN5O4/c1-17(35)33-13-11-22(25(16-33)32-27(37)18-5-10-21-23(29)15-30-24(21)14-18)28(38)31-19-6-8-20(9-7-19)34-12-3-2-4-26(34)36/h2-10,12,14-15,22,25,30H,11,13,16H2,1H3,(H,31,38)(H,32,37)/t22-,25-/m0/s1. The minimum Gasteiger partial charge on any atom is -0.360 e. The maximum atomic E-state index is 13.3. The molecule has 0 spiro atoms. The summed E-state index contributed by atoms with van der Waals surface area (Å²) in [5, 5.41) is 7.26. The molecule has 1 aliphatic heterocycles. The Morgan fingerprint density at radius 2 is 1.84 bits per heavy atom. The van der Waals surface area contributed by atoms with Gasteiger partial charge in [-0.25, -0.2) is 0 Å². The number of nitrogens with zero attached hydrogens (tertiary/aromatic N) is 2. The van der Waals surface area contributed by atoms with Crippen molar-refractivity contribution in [3.63, 3.8) is 0 Å². The molecule has 0 bridgehead atoms. The molecule has 5 rings (SSSR count). The molecule has 3 heterocycles. The Hall–Kier alpha value is -4.37. The van der Waals surface area contributed by atoms with E-state index < -0.39 is 12.0 Å².